The molecule has 20 heavy (non-hydrogen) atoms. The van der Waals surface area contributed by atoms with E-state index in [0.29, 0.717) is 19.2 Å². The molecule has 1 aliphatic heterocycles. The molecule has 5 nitrogen and oxygen atoms in total. The molecule has 2 aliphatic rings. The highest BCUT2D eigenvalue weighted by molar-refractivity contribution is 4.99. The maximum atomic E-state index is 6.10. The summed E-state index contributed by atoms with van der Waals surface area (Å²) in [6.45, 7) is 2.60. The fourth-order valence-corrected chi connectivity index (χ4v) is 3.20. The van der Waals surface area contributed by atoms with E-state index in [1.54, 1.807) is 0 Å². The second kappa shape index (κ2) is 6.24. The van der Waals surface area contributed by atoms with Crippen molar-refractivity contribution in [3.8, 4) is 0 Å². The van der Waals surface area contributed by atoms with Gasteiger partial charge in [0.2, 0.25) is 0 Å². The number of aromatic nitrogens is 2. The van der Waals surface area contributed by atoms with E-state index in [0.717, 1.165) is 31.7 Å². The van der Waals surface area contributed by atoms with E-state index in [4.69, 9.17) is 15.2 Å². The predicted octanol–water partition coefficient (Wildman–Crippen LogP) is 2.02. The molecular weight excluding hydrogens is 254 g/mol. The van der Waals surface area contributed by atoms with E-state index in [2.05, 4.69) is 22.0 Å². The van der Waals surface area contributed by atoms with Gasteiger partial charge in [0.25, 0.3) is 0 Å². The Hall–Kier alpha value is -0.910. The molecule has 0 aromatic carbocycles. The van der Waals surface area contributed by atoms with Gasteiger partial charge in [-0.25, -0.2) is 0 Å². The van der Waals surface area contributed by atoms with Gasteiger partial charge in [-0.05, 0) is 18.9 Å². The fraction of sp³-hybridized carbons (Fsp3) is 0.800. The third kappa shape index (κ3) is 3.05. The van der Waals surface area contributed by atoms with E-state index in [-0.39, 0.29) is 5.60 Å². The Kier molecular flexibility index (Phi) is 4.38. The molecule has 0 radical (unpaired) electrons. The largest absolute Gasteiger partial charge is 0.381 e. The molecule has 0 bridgehead atoms. The normalized spacial score (nSPS) is 23.2. The van der Waals surface area contributed by atoms with Gasteiger partial charge in [0, 0.05) is 38.8 Å². The zero-order valence-electron chi connectivity index (χ0n) is 12.1. The van der Waals surface area contributed by atoms with Crippen LogP contribution in [0.2, 0.25) is 0 Å². The topological polar surface area (TPSA) is 62.3 Å². The summed E-state index contributed by atoms with van der Waals surface area (Å²) in [6.07, 6.45) is 9.02. The molecule has 1 saturated carbocycles. The maximum absolute atomic E-state index is 6.10. The second-order valence-electron chi connectivity index (χ2n) is 6.01. The van der Waals surface area contributed by atoms with Crippen molar-refractivity contribution in [1.82, 2.24) is 9.78 Å². The van der Waals surface area contributed by atoms with Gasteiger partial charge in [-0.2, -0.15) is 5.10 Å². The van der Waals surface area contributed by atoms with Crippen LogP contribution in [-0.2, 0) is 16.1 Å². The highest BCUT2D eigenvalue weighted by Gasteiger charge is 2.32. The summed E-state index contributed by atoms with van der Waals surface area (Å²) in [4.78, 5) is 0. The molecule has 5 heteroatoms. The average Bonchev–Trinajstić information content (AvgIpc) is 3.17. The molecule has 0 atom stereocenters. The molecular formula is C15H25N3O2. The number of ether oxygens (including phenoxy) is 2. The van der Waals surface area contributed by atoms with Crippen molar-refractivity contribution >= 4 is 0 Å². The van der Waals surface area contributed by atoms with Crippen LogP contribution in [0.15, 0.2) is 12.3 Å². The number of hydrogen-bond donors (Lipinski definition) is 1. The number of nitrogens with two attached hydrogens (primary N) is 1. The molecule has 3 rings (SSSR count). The Balaban J connectivity index is 1.57. The van der Waals surface area contributed by atoms with Crippen molar-refractivity contribution in [2.24, 2.45) is 5.73 Å². The van der Waals surface area contributed by atoms with Crippen molar-refractivity contribution in [1.29, 1.82) is 0 Å². The van der Waals surface area contributed by atoms with Crippen molar-refractivity contribution < 1.29 is 9.47 Å². The van der Waals surface area contributed by atoms with Gasteiger partial charge < -0.3 is 15.2 Å². The lowest BCUT2D eigenvalue weighted by molar-refractivity contribution is -0.113. The Morgan fingerprint density at radius 3 is 2.80 bits per heavy atom. The van der Waals surface area contributed by atoms with Crippen molar-refractivity contribution in [2.45, 2.75) is 56.8 Å². The van der Waals surface area contributed by atoms with Gasteiger partial charge in [-0.1, -0.05) is 12.8 Å². The fourth-order valence-electron chi connectivity index (χ4n) is 3.20. The van der Waals surface area contributed by atoms with E-state index in [9.17, 15) is 0 Å². The minimum Gasteiger partial charge on any atom is -0.381 e. The maximum Gasteiger partial charge on any atom is 0.0914 e. The van der Waals surface area contributed by atoms with Gasteiger partial charge in [0.15, 0.2) is 0 Å². The SMILES string of the molecule is NCC1(OCc2ccn(C3CCCC3)n2)CCOCC1. The summed E-state index contributed by atoms with van der Waals surface area (Å²) >= 11 is 0. The van der Waals surface area contributed by atoms with Crippen LogP contribution in [0, 0.1) is 0 Å². The smallest absolute Gasteiger partial charge is 0.0914 e. The lowest BCUT2D eigenvalue weighted by Crippen LogP contribution is -2.45. The van der Waals surface area contributed by atoms with Crippen LogP contribution in [0.3, 0.4) is 0 Å². The average molecular weight is 279 g/mol. The summed E-state index contributed by atoms with van der Waals surface area (Å²) in [6, 6.07) is 2.66. The van der Waals surface area contributed by atoms with Crippen molar-refractivity contribution in [2.75, 3.05) is 19.8 Å². The van der Waals surface area contributed by atoms with Crippen LogP contribution in [0.25, 0.3) is 0 Å². The molecule has 1 aliphatic carbocycles. The highest BCUT2D eigenvalue weighted by Crippen LogP contribution is 2.29. The number of rotatable bonds is 5. The highest BCUT2D eigenvalue weighted by atomic mass is 16.5. The number of nitrogens with zero attached hydrogens (tertiary/aromatic N) is 2. The van der Waals surface area contributed by atoms with Gasteiger partial charge in [0.1, 0.15) is 0 Å². The van der Waals surface area contributed by atoms with E-state index in [1.807, 2.05) is 0 Å². The lowest BCUT2D eigenvalue weighted by Gasteiger charge is -2.35. The third-order valence-corrected chi connectivity index (χ3v) is 4.66. The van der Waals surface area contributed by atoms with Crippen molar-refractivity contribution in [3.05, 3.63) is 18.0 Å². The molecule has 2 heterocycles. The molecule has 0 unspecified atom stereocenters. The van der Waals surface area contributed by atoms with E-state index in [1.165, 1.54) is 25.7 Å². The first-order valence-corrected chi connectivity index (χ1v) is 7.77. The van der Waals surface area contributed by atoms with Crippen LogP contribution in [0.4, 0.5) is 0 Å². The van der Waals surface area contributed by atoms with Gasteiger partial charge >= 0.3 is 0 Å². The van der Waals surface area contributed by atoms with Gasteiger partial charge in [-0.3, -0.25) is 4.68 Å². The molecule has 1 aromatic rings. The minimum absolute atomic E-state index is 0.213. The third-order valence-electron chi connectivity index (χ3n) is 4.66. The zero-order chi connectivity index (χ0) is 13.8. The summed E-state index contributed by atoms with van der Waals surface area (Å²) < 4.78 is 13.6. The Bertz CT molecular complexity index is 421. The Labute approximate surface area is 120 Å². The molecule has 1 aromatic heterocycles. The molecule has 2 fully saturated rings. The monoisotopic (exact) mass is 279 g/mol. The van der Waals surface area contributed by atoms with Crippen LogP contribution in [0.1, 0.15) is 50.3 Å². The van der Waals surface area contributed by atoms with Crippen LogP contribution in [0.5, 0.6) is 0 Å². The molecule has 0 spiro atoms. The predicted molar refractivity (Wildman–Crippen MR) is 76.4 cm³/mol. The molecule has 0 amide bonds. The standard InChI is InChI=1S/C15H25N3O2/c16-12-15(6-9-19-10-7-15)20-11-13-5-8-18(17-13)14-3-1-2-4-14/h5,8,14H,1-4,6-7,9-12,16H2. The minimum atomic E-state index is -0.213. The van der Waals surface area contributed by atoms with Crippen LogP contribution in [-0.4, -0.2) is 35.1 Å². The molecule has 112 valence electrons. The zero-order valence-corrected chi connectivity index (χ0v) is 12.1. The quantitative estimate of drug-likeness (QED) is 0.895. The lowest BCUT2D eigenvalue weighted by atomic mass is 9.94. The van der Waals surface area contributed by atoms with E-state index >= 15 is 0 Å². The molecule has 2 N–H and O–H groups in total. The van der Waals surface area contributed by atoms with Crippen LogP contribution < -0.4 is 5.73 Å². The first kappa shape index (κ1) is 14.0. The first-order valence-electron chi connectivity index (χ1n) is 7.77. The van der Waals surface area contributed by atoms with Gasteiger partial charge in [-0.15, -0.1) is 0 Å². The van der Waals surface area contributed by atoms with E-state index < -0.39 is 0 Å². The van der Waals surface area contributed by atoms with Crippen LogP contribution >= 0.6 is 0 Å². The molecule has 1 saturated heterocycles. The second-order valence-corrected chi connectivity index (χ2v) is 6.01. The summed E-state index contributed by atoms with van der Waals surface area (Å²) in [7, 11) is 0. The first-order chi connectivity index (χ1) is 9.81. The Morgan fingerprint density at radius 1 is 1.35 bits per heavy atom. The Morgan fingerprint density at radius 2 is 2.10 bits per heavy atom. The van der Waals surface area contributed by atoms with Crippen molar-refractivity contribution in [3.63, 3.8) is 0 Å². The summed E-state index contributed by atoms with van der Waals surface area (Å²) in [5.74, 6) is 0. The number of hydrogen-bond acceptors (Lipinski definition) is 4. The summed E-state index contributed by atoms with van der Waals surface area (Å²) in [5, 5.41) is 4.66. The van der Waals surface area contributed by atoms with Gasteiger partial charge in [0.05, 0.1) is 23.9 Å². The summed E-state index contributed by atoms with van der Waals surface area (Å²) in [5.41, 5.74) is 6.70.